The number of hydrogen-bond donors (Lipinski definition) is 1. The van der Waals surface area contributed by atoms with Crippen molar-refractivity contribution in [2.24, 2.45) is 0 Å². The Morgan fingerprint density at radius 2 is 1.95 bits per heavy atom. The molecule has 0 aliphatic heterocycles. The van der Waals surface area contributed by atoms with Gasteiger partial charge in [0.2, 0.25) is 6.41 Å². The zero-order valence-electron chi connectivity index (χ0n) is 12.1. The fourth-order valence-electron chi connectivity index (χ4n) is 1.89. The second-order valence-electron chi connectivity index (χ2n) is 4.80. The molecule has 110 valence electrons. The topological polar surface area (TPSA) is 66.8 Å². The molecule has 0 fully saturated rings. The summed E-state index contributed by atoms with van der Waals surface area (Å²) in [6.45, 7) is 6.19. The number of aliphatic carboxylic acids is 1. The molecular weight excluding hydrogens is 258 g/mol. The third-order valence-electron chi connectivity index (χ3n) is 2.92. The van der Waals surface area contributed by atoms with Crippen molar-refractivity contribution in [3.05, 3.63) is 29.8 Å². The Balaban J connectivity index is 2.98. The summed E-state index contributed by atoms with van der Waals surface area (Å²) < 4.78 is 5.45. The van der Waals surface area contributed by atoms with Crippen molar-refractivity contribution in [1.29, 1.82) is 0 Å². The van der Waals surface area contributed by atoms with Gasteiger partial charge in [-0.1, -0.05) is 19.1 Å². The van der Waals surface area contributed by atoms with Crippen LogP contribution in [0.15, 0.2) is 24.3 Å². The van der Waals surface area contributed by atoms with E-state index in [2.05, 4.69) is 0 Å². The summed E-state index contributed by atoms with van der Waals surface area (Å²) in [5.41, 5.74) is 0.558. The molecule has 1 amide bonds. The molecule has 0 radical (unpaired) electrons. The smallest absolute Gasteiger partial charge is 0.331 e. The van der Waals surface area contributed by atoms with Gasteiger partial charge in [-0.3, -0.25) is 4.79 Å². The van der Waals surface area contributed by atoms with E-state index in [-0.39, 0.29) is 6.04 Å². The first kappa shape index (κ1) is 16.0. The van der Waals surface area contributed by atoms with Gasteiger partial charge in [-0.25, -0.2) is 4.79 Å². The molecule has 0 saturated heterocycles. The van der Waals surface area contributed by atoms with Crippen LogP contribution >= 0.6 is 0 Å². The first-order valence-electron chi connectivity index (χ1n) is 6.69. The van der Waals surface area contributed by atoms with Crippen LogP contribution in [0.3, 0.4) is 0 Å². The van der Waals surface area contributed by atoms with Crippen LogP contribution in [-0.2, 0) is 9.59 Å². The summed E-state index contributed by atoms with van der Waals surface area (Å²) in [5, 5.41) is 9.36. The molecule has 1 rings (SSSR count). The van der Waals surface area contributed by atoms with E-state index in [4.69, 9.17) is 4.74 Å². The van der Waals surface area contributed by atoms with Gasteiger partial charge >= 0.3 is 5.97 Å². The third kappa shape index (κ3) is 3.98. The minimum Gasteiger partial charge on any atom is -0.494 e. The van der Waals surface area contributed by atoms with Gasteiger partial charge in [-0.05, 0) is 38.0 Å². The predicted molar refractivity (Wildman–Crippen MR) is 75.6 cm³/mol. The molecule has 1 atom stereocenters. The third-order valence-corrected chi connectivity index (χ3v) is 2.92. The number of nitrogens with zero attached hydrogens (tertiary/aromatic N) is 1. The van der Waals surface area contributed by atoms with E-state index in [9.17, 15) is 14.7 Å². The second kappa shape index (κ2) is 7.53. The minimum absolute atomic E-state index is 0.190. The highest BCUT2D eigenvalue weighted by molar-refractivity contribution is 5.78. The van der Waals surface area contributed by atoms with Gasteiger partial charge in [-0.15, -0.1) is 0 Å². The van der Waals surface area contributed by atoms with Gasteiger partial charge in [0.1, 0.15) is 5.75 Å². The van der Waals surface area contributed by atoms with Crippen molar-refractivity contribution in [3.63, 3.8) is 0 Å². The molecule has 0 aromatic heterocycles. The lowest BCUT2D eigenvalue weighted by atomic mass is 10.0. The maximum atomic E-state index is 11.4. The molecule has 0 bridgehead atoms. The Morgan fingerprint density at radius 1 is 1.35 bits per heavy atom. The van der Waals surface area contributed by atoms with E-state index in [1.54, 1.807) is 38.1 Å². The monoisotopic (exact) mass is 279 g/mol. The van der Waals surface area contributed by atoms with E-state index in [1.165, 1.54) is 4.90 Å². The summed E-state index contributed by atoms with van der Waals surface area (Å²) >= 11 is 0. The first-order valence-corrected chi connectivity index (χ1v) is 6.69. The Hall–Kier alpha value is -2.04. The van der Waals surface area contributed by atoms with Crippen LogP contribution in [0.25, 0.3) is 0 Å². The number of ether oxygens (including phenoxy) is 1. The number of carboxylic acid groups (broad SMARTS) is 1. The highest BCUT2D eigenvalue weighted by Gasteiger charge is 2.28. The van der Waals surface area contributed by atoms with Crippen molar-refractivity contribution < 1.29 is 19.4 Å². The summed E-state index contributed by atoms with van der Waals surface area (Å²) in [6.07, 6.45) is 1.48. The van der Waals surface area contributed by atoms with Gasteiger partial charge in [0.25, 0.3) is 0 Å². The lowest BCUT2D eigenvalue weighted by Gasteiger charge is -2.28. The second-order valence-corrected chi connectivity index (χ2v) is 4.80. The molecule has 0 saturated carbocycles. The van der Waals surface area contributed by atoms with Gasteiger partial charge in [0.05, 0.1) is 6.61 Å². The number of rotatable bonds is 8. The molecule has 5 heteroatoms. The van der Waals surface area contributed by atoms with Crippen molar-refractivity contribution in [1.82, 2.24) is 4.90 Å². The number of amides is 1. The van der Waals surface area contributed by atoms with Crippen molar-refractivity contribution >= 4 is 12.4 Å². The minimum atomic E-state index is -1.05. The molecule has 1 aromatic rings. The molecule has 0 aliphatic rings. The summed E-state index contributed by atoms with van der Waals surface area (Å²) in [6, 6.07) is 5.65. The average molecular weight is 279 g/mol. The Labute approximate surface area is 119 Å². The summed E-state index contributed by atoms with van der Waals surface area (Å²) in [7, 11) is 0. The fraction of sp³-hybridized carbons (Fsp3) is 0.467. The molecule has 0 aliphatic carbocycles. The lowest BCUT2D eigenvalue weighted by molar-refractivity contribution is -0.148. The van der Waals surface area contributed by atoms with Gasteiger partial charge < -0.3 is 14.7 Å². The van der Waals surface area contributed by atoms with Crippen LogP contribution in [0.2, 0.25) is 0 Å². The molecule has 1 N–H and O–H groups in total. The van der Waals surface area contributed by atoms with E-state index in [0.29, 0.717) is 24.3 Å². The number of carbonyl (C=O) groups excluding carboxylic acids is 1. The van der Waals surface area contributed by atoms with Crippen molar-refractivity contribution in [3.8, 4) is 5.75 Å². The van der Waals surface area contributed by atoms with Crippen LogP contribution in [0.1, 0.15) is 38.8 Å². The van der Waals surface area contributed by atoms with E-state index < -0.39 is 12.0 Å². The maximum absolute atomic E-state index is 11.4. The predicted octanol–water partition coefficient (Wildman–Crippen LogP) is 2.47. The Morgan fingerprint density at radius 3 is 2.35 bits per heavy atom. The lowest BCUT2D eigenvalue weighted by Crippen LogP contribution is -2.38. The molecule has 0 heterocycles. The number of carboxylic acids is 1. The number of benzene rings is 1. The molecule has 0 spiro atoms. The van der Waals surface area contributed by atoms with E-state index in [0.717, 1.165) is 6.42 Å². The first-order chi connectivity index (χ1) is 9.51. The van der Waals surface area contributed by atoms with Crippen LogP contribution < -0.4 is 4.74 Å². The average Bonchev–Trinajstić information content (AvgIpc) is 2.42. The zero-order chi connectivity index (χ0) is 15.1. The molecule has 1 aromatic carbocycles. The van der Waals surface area contributed by atoms with Gasteiger partial charge in [0, 0.05) is 6.04 Å². The van der Waals surface area contributed by atoms with Crippen molar-refractivity contribution in [2.75, 3.05) is 6.61 Å². The van der Waals surface area contributed by atoms with E-state index >= 15 is 0 Å². The molecule has 5 nitrogen and oxygen atoms in total. The van der Waals surface area contributed by atoms with Gasteiger partial charge in [0.15, 0.2) is 6.04 Å². The number of carbonyl (C=O) groups is 2. The maximum Gasteiger partial charge on any atom is 0.331 e. The largest absolute Gasteiger partial charge is 0.494 e. The standard InChI is InChI=1S/C15H21NO4/c1-4-9-20-13-7-5-12(6-8-13)14(15(18)19)16(10-17)11(2)3/h5-8,10-11,14H,4,9H2,1-3H3,(H,18,19). The Bertz CT molecular complexity index is 442. The summed E-state index contributed by atoms with van der Waals surface area (Å²) in [5.74, 6) is -0.352. The van der Waals surface area contributed by atoms with Gasteiger partial charge in [-0.2, -0.15) is 0 Å². The quantitative estimate of drug-likeness (QED) is 0.742. The normalized spacial score (nSPS) is 12.0. The van der Waals surface area contributed by atoms with Crippen molar-refractivity contribution in [2.45, 2.75) is 39.3 Å². The molecule has 1 unspecified atom stereocenters. The SMILES string of the molecule is CCCOc1ccc(C(C(=O)O)N(C=O)C(C)C)cc1. The van der Waals surface area contributed by atoms with Crippen LogP contribution in [0.5, 0.6) is 5.75 Å². The highest BCUT2D eigenvalue weighted by Crippen LogP contribution is 2.24. The Kier molecular flexibility index (Phi) is 6.03. The molecular formula is C15H21NO4. The highest BCUT2D eigenvalue weighted by atomic mass is 16.5. The van der Waals surface area contributed by atoms with Crippen LogP contribution in [0, 0.1) is 0 Å². The van der Waals surface area contributed by atoms with Crippen LogP contribution in [0.4, 0.5) is 0 Å². The van der Waals surface area contributed by atoms with E-state index in [1.807, 2.05) is 6.92 Å². The molecule has 20 heavy (non-hydrogen) atoms. The fourth-order valence-corrected chi connectivity index (χ4v) is 1.89. The summed E-state index contributed by atoms with van der Waals surface area (Å²) in [4.78, 5) is 23.8. The van der Waals surface area contributed by atoms with Crippen LogP contribution in [-0.4, -0.2) is 35.0 Å². The zero-order valence-corrected chi connectivity index (χ0v) is 12.1. The number of hydrogen-bond acceptors (Lipinski definition) is 3.